The van der Waals surface area contributed by atoms with Crippen LogP contribution in [0.3, 0.4) is 0 Å². The average molecular weight is 483 g/mol. The molecule has 0 bridgehead atoms. The fourth-order valence-corrected chi connectivity index (χ4v) is 6.65. The summed E-state index contributed by atoms with van der Waals surface area (Å²) < 4.78 is 0. The molecular formula is C38H26. The van der Waals surface area contributed by atoms with Crippen molar-refractivity contribution in [2.45, 2.75) is 12.8 Å². The smallest absolute Gasteiger partial charge is 0.00199 e. The Morgan fingerprint density at radius 3 is 1.63 bits per heavy atom. The van der Waals surface area contributed by atoms with Crippen LogP contribution in [0.4, 0.5) is 0 Å². The van der Waals surface area contributed by atoms with E-state index in [1.165, 1.54) is 76.5 Å². The SMILES string of the molecule is C1=C(c2c3ccccc3c(-c3cc4ccccc4c4ccccc34)c3ccccc23)CCc2ccccc21. The molecule has 0 heterocycles. The molecule has 0 heteroatoms. The van der Waals surface area contributed by atoms with Gasteiger partial charge in [0.2, 0.25) is 0 Å². The third kappa shape index (κ3) is 3.17. The fraction of sp³-hybridized carbons (Fsp3) is 0.0526. The van der Waals surface area contributed by atoms with Crippen molar-refractivity contribution in [3.63, 3.8) is 0 Å². The van der Waals surface area contributed by atoms with Gasteiger partial charge in [0.1, 0.15) is 0 Å². The van der Waals surface area contributed by atoms with Crippen molar-refractivity contribution >= 4 is 54.7 Å². The van der Waals surface area contributed by atoms with Crippen LogP contribution in [0.2, 0.25) is 0 Å². The Kier molecular flexibility index (Phi) is 4.75. The molecule has 1 aliphatic carbocycles. The van der Waals surface area contributed by atoms with Gasteiger partial charge in [-0.25, -0.2) is 0 Å². The highest BCUT2D eigenvalue weighted by molar-refractivity contribution is 6.24. The number of allylic oxidation sites excluding steroid dienone is 1. The van der Waals surface area contributed by atoms with Gasteiger partial charge in [-0.05, 0) is 95.4 Å². The molecule has 7 aromatic rings. The minimum absolute atomic E-state index is 1.06. The second kappa shape index (κ2) is 8.43. The lowest BCUT2D eigenvalue weighted by atomic mass is 9.81. The highest BCUT2D eigenvalue weighted by Crippen LogP contribution is 2.46. The summed E-state index contributed by atoms with van der Waals surface area (Å²) in [5.41, 5.74) is 8.26. The first-order valence-corrected chi connectivity index (χ1v) is 13.5. The summed E-state index contributed by atoms with van der Waals surface area (Å²) in [6.45, 7) is 0. The van der Waals surface area contributed by atoms with Crippen molar-refractivity contribution in [2.24, 2.45) is 0 Å². The highest BCUT2D eigenvalue weighted by atomic mass is 14.2. The van der Waals surface area contributed by atoms with Crippen LogP contribution in [0, 0.1) is 0 Å². The van der Waals surface area contributed by atoms with Gasteiger partial charge in [0.15, 0.2) is 0 Å². The molecular weight excluding hydrogens is 456 g/mol. The molecule has 0 aliphatic heterocycles. The Balaban J connectivity index is 1.53. The van der Waals surface area contributed by atoms with Crippen molar-refractivity contribution in [1.82, 2.24) is 0 Å². The van der Waals surface area contributed by atoms with Gasteiger partial charge in [-0.1, -0.05) is 127 Å². The minimum atomic E-state index is 1.06. The topological polar surface area (TPSA) is 0 Å². The van der Waals surface area contributed by atoms with Crippen molar-refractivity contribution < 1.29 is 0 Å². The predicted octanol–water partition coefficient (Wildman–Crippen LogP) is 10.5. The number of aryl methyl sites for hydroxylation is 1. The Labute approximate surface area is 222 Å². The quantitative estimate of drug-likeness (QED) is 0.170. The van der Waals surface area contributed by atoms with Gasteiger partial charge >= 0.3 is 0 Å². The van der Waals surface area contributed by atoms with E-state index < -0.39 is 0 Å². The molecule has 0 radical (unpaired) electrons. The molecule has 0 saturated carbocycles. The molecule has 0 N–H and O–H groups in total. The lowest BCUT2D eigenvalue weighted by Crippen LogP contribution is -2.01. The molecule has 0 aromatic heterocycles. The Morgan fingerprint density at radius 2 is 0.921 bits per heavy atom. The molecule has 8 rings (SSSR count). The summed E-state index contributed by atoms with van der Waals surface area (Å²) in [6.07, 6.45) is 4.57. The van der Waals surface area contributed by atoms with Gasteiger partial charge in [-0.2, -0.15) is 0 Å². The van der Waals surface area contributed by atoms with E-state index in [1.807, 2.05) is 0 Å². The van der Waals surface area contributed by atoms with E-state index in [2.05, 4.69) is 133 Å². The maximum atomic E-state index is 2.43. The van der Waals surface area contributed by atoms with Gasteiger partial charge in [0, 0.05) is 0 Å². The molecule has 0 atom stereocenters. The van der Waals surface area contributed by atoms with Crippen LogP contribution in [0.1, 0.15) is 23.1 Å². The highest BCUT2D eigenvalue weighted by Gasteiger charge is 2.21. The molecule has 0 unspecified atom stereocenters. The predicted molar refractivity (Wildman–Crippen MR) is 165 cm³/mol. The number of rotatable bonds is 2. The molecule has 0 amide bonds. The van der Waals surface area contributed by atoms with Crippen LogP contribution in [0.5, 0.6) is 0 Å². The largest absolute Gasteiger partial charge is 0.0620 e. The number of benzene rings is 7. The molecule has 1 aliphatic rings. The summed E-state index contributed by atoms with van der Waals surface area (Å²) >= 11 is 0. The number of hydrogen-bond acceptors (Lipinski definition) is 0. The van der Waals surface area contributed by atoms with Crippen molar-refractivity contribution in [2.75, 3.05) is 0 Å². The van der Waals surface area contributed by atoms with E-state index >= 15 is 0 Å². The molecule has 0 nitrogen and oxygen atoms in total. The summed E-state index contributed by atoms with van der Waals surface area (Å²) in [7, 11) is 0. The maximum absolute atomic E-state index is 2.43. The Morgan fingerprint density at radius 1 is 0.395 bits per heavy atom. The van der Waals surface area contributed by atoms with Crippen molar-refractivity contribution in [3.05, 3.63) is 144 Å². The monoisotopic (exact) mass is 482 g/mol. The molecule has 38 heavy (non-hydrogen) atoms. The summed E-state index contributed by atoms with van der Waals surface area (Å²) in [5, 5.41) is 10.5. The summed E-state index contributed by atoms with van der Waals surface area (Å²) in [4.78, 5) is 0. The van der Waals surface area contributed by atoms with Crippen molar-refractivity contribution in [3.8, 4) is 11.1 Å². The zero-order valence-electron chi connectivity index (χ0n) is 21.1. The zero-order valence-corrected chi connectivity index (χ0v) is 21.1. The third-order valence-corrected chi connectivity index (χ3v) is 8.34. The molecule has 7 aromatic carbocycles. The molecule has 0 fully saturated rings. The number of fused-ring (bicyclic) bond motifs is 6. The van der Waals surface area contributed by atoms with E-state index in [9.17, 15) is 0 Å². The van der Waals surface area contributed by atoms with Crippen LogP contribution in [-0.4, -0.2) is 0 Å². The average Bonchev–Trinajstić information content (AvgIpc) is 2.99. The first-order chi connectivity index (χ1) is 18.9. The van der Waals surface area contributed by atoms with E-state index in [0.717, 1.165) is 12.8 Å². The van der Waals surface area contributed by atoms with Crippen LogP contribution >= 0.6 is 0 Å². The van der Waals surface area contributed by atoms with Crippen LogP contribution in [0.15, 0.2) is 127 Å². The van der Waals surface area contributed by atoms with E-state index in [-0.39, 0.29) is 0 Å². The molecule has 178 valence electrons. The van der Waals surface area contributed by atoms with Gasteiger partial charge in [-0.3, -0.25) is 0 Å². The normalized spacial score (nSPS) is 13.2. The Bertz CT molecular complexity index is 2020. The first kappa shape index (κ1) is 21.4. The zero-order chi connectivity index (χ0) is 25.1. The first-order valence-electron chi connectivity index (χ1n) is 13.5. The number of hydrogen-bond donors (Lipinski definition) is 0. The lowest BCUT2D eigenvalue weighted by molar-refractivity contribution is 1.00. The maximum Gasteiger partial charge on any atom is -0.00199 e. The molecule has 0 spiro atoms. The van der Waals surface area contributed by atoms with Gasteiger partial charge in [0.05, 0.1) is 0 Å². The second-order valence-electron chi connectivity index (χ2n) is 10.4. The molecule has 0 saturated heterocycles. The third-order valence-electron chi connectivity index (χ3n) is 8.34. The van der Waals surface area contributed by atoms with Crippen molar-refractivity contribution in [1.29, 1.82) is 0 Å². The standard InChI is InChI=1S/C38H26/c1-2-12-26-23-28(22-21-25(26)11-1)37-32-17-7-9-19-34(32)38(35-20-10-8-18-33(35)37)36-24-27-13-3-4-14-29(27)30-15-5-6-16-31(30)36/h1-20,23-24H,21-22H2. The van der Waals surface area contributed by atoms with E-state index in [4.69, 9.17) is 0 Å². The van der Waals surface area contributed by atoms with E-state index in [0.29, 0.717) is 0 Å². The van der Waals surface area contributed by atoms with Gasteiger partial charge in [0.25, 0.3) is 0 Å². The second-order valence-corrected chi connectivity index (χ2v) is 10.4. The van der Waals surface area contributed by atoms with Gasteiger partial charge in [-0.15, -0.1) is 0 Å². The summed E-state index contributed by atoms with van der Waals surface area (Å²) in [6, 6.07) is 47.0. The summed E-state index contributed by atoms with van der Waals surface area (Å²) in [5.74, 6) is 0. The van der Waals surface area contributed by atoms with Crippen LogP contribution in [0.25, 0.3) is 65.9 Å². The van der Waals surface area contributed by atoms with Gasteiger partial charge < -0.3 is 0 Å². The van der Waals surface area contributed by atoms with Crippen LogP contribution in [-0.2, 0) is 6.42 Å². The fourth-order valence-electron chi connectivity index (χ4n) is 6.65. The van der Waals surface area contributed by atoms with Crippen LogP contribution < -0.4 is 0 Å². The minimum Gasteiger partial charge on any atom is -0.0620 e. The van der Waals surface area contributed by atoms with E-state index in [1.54, 1.807) is 0 Å². The lowest BCUT2D eigenvalue weighted by Gasteiger charge is -2.23. The Hall–Kier alpha value is -4.68.